The molecule has 0 aromatic carbocycles. The number of hydrogen-bond acceptors (Lipinski definition) is 7. The average molecular weight is 330 g/mol. The van der Waals surface area contributed by atoms with E-state index in [1.54, 1.807) is 6.07 Å². The SMILES string of the molecule is CC(=O)Nc1nnc(S(=O)(=O)Nc2cc(C(C)C)[nH]n2)s1. The Labute approximate surface area is 125 Å². The molecule has 2 heterocycles. The maximum absolute atomic E-state index is 12.1. The molecule has 11 heteroatoms. The fourth-order valence-electron chi connectivity index (χ4n) is 1.39. The van der Waals surface area contributed by atoms with Crippen LogP contribution < -0.4 is 10.0 Å². The predicted octanol–water partition coefficient (Wildman–Crippen LogP) is 1.14. The monoisotopic (exact) mass is 330 g/mol. The van der Waals surface area contributed by atoms with Gasteiger partial charge in [0.25, 0.3) is 14.4 Å². The molecule has 0 aliphatic carbocycles. The number of amides is 1. The van der Waals surface area contributed by atoms with Gasteiger partial charge in [0.1, 0.15) is 0 Å². The van der Waals surface area contributed by atoms with Crippen molar-refractivity contribution in [1.29, 1.82) is 0 Å². The van der Waals surface area contributed by atoms with Crippen LogP contribution in [0.25, 0.3) is 0 Å². The third-order valence-corrected chi connectivity index (χ3v) is 4.94. The van der Waals surface area contributed by atoms with Crippen molar-refractivity contribution in [3.8, 4) is 0 Å². The predicted molar refractivity (Wildman–Crippen MR) is 77.7 cm³/mol. The van der Waals surface area contributed by atoms with Crippen LogP contribution >= 0.6 is 11.3 Å². The molecular formula is C10H14N6O3S2. The van der Waals surface area contributed by atoms with Gasteiger partial charge in [-0.1, -0.05) is 25.2 Å². The minimum atomic E-state index is -3.88. The van der Waals surface area contributed by atoms with Crippen molar-refractivity contribution in [2.75, 3.05) is 10.0 Å². The summed E-state index contributed by atoms with van der Waals surface area (Å²) in [5, 5.41) is 16.2. The van der Waals surface area contributed by atoms with Crippen molar-refractivity contribution in [2.45, 2.75) is 31.0 Å². The Balaban J connectivity index is 2.17. The van der Waals surface area contributed by atoms with Crippen LogP contribution in [0.1, 0.15) is 32.4 Å². The van der Waals surface area contributed by atoms with E-state index < -0.39 is 10.0 Å². The Hall–Kier alpha value is -2.01. The van der Waals surface area contributed by atoms with Crippen molar-refractivity contribution >= 4 is 38.2 Å². The molecule has 0 radical (unpaired) electrons. The van der Waals surface area contributed by atoms with E-state index in [4.69, 9.17) is 0 Å². The van der Waals surface area contributed by atoms with E-state index in [2.05, 4.69) is 30.4 Å². The zero-order chi connectivity index (χ0) is 15.6. The smallest absolute Gasteiger partial charge is 0.292 e. The summed E-state index contributed by atoms with van der Waals surface area (Å²) in [6, 6.07) is 1.61. The topological polar surface area (TPSA) is 130 Å². The Kier molecular flexibility index (Phi) is 4.23. The second-order valence-corrected chi connectivity index (χ2v) is 7.36. The molecule has 21 heavy (non-hydrogen) atoms. The van der Waals surface area contributed by atoms with Crippen LogP contribution in [0, 0.1) is 0 Å². The van der Waals surface area contributed by atoms with Gasteiger partial charge in [0.05, 0.1) is 0 Å². The Morgan fingerprint density at radius 1 is 1.38 bits per heavy atom. The van der Waals surface area contributed by atoms with Crippen molar-refractivity contribution < 1.29 is 13.2 Å². The van der Waals surface area contributed by atoms with E-state index >= 15 is 0 Å². The summed E-state index contributed by atoms with van der Waals surface area (Å²) in [5.41, 5.74) is 0.809. The molecule has 1 amide bonds. The van der Waals surface area contributed by atoms with Gasteiger partial charge in [0, 0.05) is 18.7 Å². The molecule has 0 aliphatic heterocycles. The highest BCUT2D eigenvalue weighted by Gasteiger charge is 2.22. The molecule has 2 aromatic heterocycles. The number of sulfonamides is 1. The molecule has 9 nitrogen and oxygen atoms in total. The molecule has 0 saturated heterocycles. The van der Waals surface area contributed by atoms with Crippen molar-refractivity contribution in [1.82, 2.24) is 20.4 Å². The van der Waals surface area contributed by atoms with E-state index in [1.165, 1.54) is 6.92 Å². The summed E-state index contributed by atoms with van der Waals surface area (Å²) in [6.45, 7) is 5.21. The number of hydrogen-bond donors (Lipinski definition) is 3. The molecule has 114 valence electrons. The molecule has 2 aromatic rings. The van der Waals surface area contributed by atoms with Gasteiger partial charge in [0.15, 0.2) is 5.82 Å². The summed E-state index contributed by atoms with van der Waals surface area (Å²) in [4.78, 5) is 10.9. The van der Waals surface area contributed by atoms with Crippen LogP contribution in [0.15, 0.2) is 10.4 Å². The Morgan fingerprint density at radius 2 is 2.10 bits per heavy atom. The average Bonchev–Trinajstić information content (AvgIpc) is 2.97. The van der Waals surface area contributed by atoms with Crippen molar-refractivity contribution in [3.63, 3.8) is 0 Å². The second kappa shape index (κ2) is 5.77. The maximum atomic E-state index is 12.1. The fourth-order valence-corrected chi connectivity index (χ4v) is 3.33. The third kappa shape index (κ3) is 3.76. The number of carbonyl (C=O) groups is 1. The highest BCUT2D eigenvalue weighted by atomic mass is 32.2. The van der Waals surface area contributed by atoms with E-state index in [0.717, 1.165) is 17.0 Å². The highest BCUT2D eigenvalue weighted by Crippen LogP contribution is 2.23. The summed E-state index contributed by atoms with van der Waals surface area (Å²) < 4.78 is 26.3. The lowest BCUT2D eigenvalue weighted by molar-refractivity contribution is -0.114. The molecular weight excluding hydrogens is 316 g/mol. The van der Waals surface area contributed by atoms with Gasteiger partial charge in [-0.25, -0.2) is 0 Å². The molecule has 0 saturated carbocycles. The summed E-state index contributed by atoms with van der Waals surface area (Å²) in [5.74, 6) is 0.0237. The second-order valence-electron chi connectivity index (χ2n) is 4.52. The normalized spacial score (nSPS) is 11.6. The van der Waals surface area contributed by atoms with Crippen molar-refractivity contribution in [3.05, 3.63) is 11.8 Å². The zero-order valence-corrected chi connectivity index (χ0v) is 13.2. The first-order valence-electron chi connectivity index (χ1n) is 5.97. The van der Waals surface area contributed by atoms with E-state index in [9.17, 15) is 13.2 Å². The van der Waals surface area contributed by atoms with Gasteiger partial charge in [-0.15, -0.1) is 10.2 Å². The molecule has 2 rings (SSSR count). The highest BCUT2D eigenvalue weighted by molar-refractivity contribution is 7.94. The first kappa shape index (κ1) is 15.4. The molecule has 0 atom stereocenters. The van der Waals surface area contributed by atoms with E-state index in [-0.39, 0.29) is 27.1 Å². The Morgan fingerprint density at radius 3 is 2.67 bits per heavy atom. The number of nitrogens with one attached hydrogen (secondary N) is 3. The first-order valence-corrected chi connectivity index (χ1v) is 8.27. The zero-order valence-electron chi connectivity index (χ0n) is 11.5. The molecule has 0 aliphatic rings. The number of H-pyrrole nitrogens is 1. The first-order chi connectivity index (χ1) is 9.78. The van der Waals surface area contributed by atoms with Gasteiger partial charge in [-0.05, 0) is 5.92 Å². The van der Waals surface area contributed by atoms with Crippen LogP contribution in [0.3, 0.4) is 0 Å². The number of aromatic nitrogens is 4. The lowest BCUT2D eigenvalue weighted by Gasteiger charge is -2.00. The van der Waals surface area contributed by atoms with Crippen LogP contribution in [0.4, 0.5) is 10.9 Å². The van der Waals surface area contributed by atoms with Crippen LogP contribution in [-0.4, -0.2) is 34.7 Å². The molecule has 0 fully saturated rings. The quantitative estimate of drug-likeness (QED) is 0.705. The number of anilines is 2. The minimum absolute atomic E-state index is 0.118. The van der Waals surface area contributed by atoms with Gasteiger partial charge >= 0.3 is 0 Å². The van der Waals surface area contributed by atoms with Crippen molar-refractivity contribution in [2.24, 2.45) is 0 Å². The van der Waals surface area contributed by atoms with Gasteiger partial charge in [-0.2, -0.15) is 13.5 Å². The molecule has 0 bridgehead atoms. The molecule has 3 N–H and O–H groups in total. The van der Waals surface area contributed by atoms with Gasteiger partial charge in [-0.3, -0.25) is 14.6 Å². The lowest BCUT2D eigenvalue weighted by Crippen LogP contribution is -2.13. The summed E-state index contributed by atoms with van der Waals surface area (Å²) >= 11 is 0.758. The largest absolute Gasteiger partial charge is 0.301 e. The number of rotatable bonds is 5. The lowest BCUT2D eigenvalue weighted by atomic mass is 10.1. The number of carbonyl (C=O) groups excluding carboxylic acids is 1. The standard InChI is InChI=1S/C10H14N6O3S2/c1-5(2)7-4-8(13-12-7)16-21(18,19)10-15-14-9(20-10)11-6(3)17/h4-5H,1-3H3,(H,11,14,17)(H2,12,13,16). The van der Waals surface area contributed by atoms with E-state index in [0.29, 0.717) is 0 Å². The minimum Gasteiger partial charge on any atom is -0.301 e. The summed E-state index contributed by atoms with van der Waals surface area (Å²) in [6.07, 6.45) is 0. The van der Waals surface area contributed by atoms with Crippen LogP contribution in [-0.2, 0) is 14.8 Å². The summed E-state index contributed by atoms with van der Waals surface area (Å²) in [7, 11) is -3.88. The molecule has 0 spiro atoms. The third-order valence-electron chi connectivity index (χ3n) is 2.38. The molecule has 0 unspecified atom stereocenters. The number of nitrogens with zero attached hydrogens (tertiary/aromatic N) is 3. The Bertz CT molecular complexity index is 748. The van der Waals surface area contributed by atoms with E-state index in [1.807, 2.05) is 13.8 Å². The fraction of sp³-hybridized carbons (Fsp3) is 0.400. The van der Waals surface area contributed by atoms with Gasteiger partial charge < -0.3 is 5.32 Å². The number of aromatic amines is 1. The van der Waals surface area contributed by atoms with Crippen LogP contribution in [0.2, 0.25) is 0 Å². The maximum Gasteiger partial charge on any atom is 0.292 e. The van der Waals surface area contributed by atoms with Gasteiger partial charge in [0.2, 0.25) is 11.0 Å². The van der Waals surface area contributed by atoms with Crippen LogP contribution in [0.5, 0.6) is 0 Å².